The van der Waals surface area contributed by atoms with Gasteiger partial charge in [-0.15, -0.1) is 0 Å². The minimum absolute atomic E-state index is 0.113. The number of hydrogen-bond donors (Lipinski definition) is 0. The molecule has 1 aromatic rings. The molecule has 0 bridgehead atoms. The molecule has 0 N–H and O–H groups in total. The van der Waals surface area contributed by atoms with E-state index in [-0.39, 0.29) is 5.12 Å². The lowest BCUT2D eigenvalue weighted by molar-refractivity contribution is -0.109. The summed E-state index contributed by atoms with van der Waals surface area (Å²) in [6.45, 7) is 1.56. The molecule has 0 aliphatic heterocycles. The van der Waals surface area contributed by atoms with Gasteiger partial charge in [0, 0.05) is 6.92 Å². The Morgan fingerprint density at radius 2 is 2.00 bits per heavy atom. The highest BCUT2D eigenvalue weighted by molar-refractivity contribution is 8.16. The van der Waals surface area contributed by atoms with Crippen LogP contribution in [-0.2, 0) is 4.79 Å². The molecule has 2 heteroatoms. The van der Waals surface area contributed by atoms with Crippen molar-refractivity contribution in [2.75, 3.05) is 0 Å². The fraction of sp³-hybridized carbons (Fsp3) is 0.100. The molecule has 0 atom stereocenters. The summed E-state index contributed by atoms with van der Waals surface area (Å²) >= 11 is 1.21. The van der Waals surface area contributed by atoms with Crippen LogP contribution in [0.15, 0.2) is 35.7 Å². The zero-order valence-electron chi connectivity index (χ0n) is 6.86. The van der Waals surface area contributed by atoms with Gasteiger partial charge in [-0.25, -0.2) is 0 Å². The van der Waals surface area contributed by atoms with Gasteiger partial charge in [-0.05, 0) is 17.0 Å². The molecule has 0 radical (unpaired) electrons. The maximum Gasteiger partial charge on any atom is 0.190 e. The van der Waals surface area contributed by atoms with Gasteiger partial charge in [-0.2, -0.15) is 0 Å². The van der Waals surface area contributed by atoms with Crippen LogP contribution in [0.3, 0.4) is 0 Å². The van der Waals surface area contributed by atoms with E-state index in [1.165, 1.54) is 11.8 Å². The van der Waals surface area contributed by atoms with E-state index in [4.69, 9.17) is 0 Å². The van der Waals surface area contributed by atoms with E-state index >= 15 is 0 Å². The summed E-state index contributed by atoms with van der Waals surface area (Å²) in [7, 11) is 0. The van der Waals surface area contributed by atoms with Crippen LogP contribution >= 0.6 is 11.8 Å². The molecular weight excluding hydrogens is 168 g/mol. The zero-order valence-corrected chi connectivity index (χ0v) is 7.67. The molecule has 0 unspecified atom stereocenters. The molecule has 0 amide bonds. The van der Waals surface area contributed by atoms with Gasteiger partial charge in [-0.1, -0.05) is 42.1 Å². The summed E-state index contributed by atoms with van der Waals surface area (Å²) in [5.74, 6) is 0. The Morgan fingerprint density at radius 1 is 1.33 bits per heavy atom. The van der Waals surface area contributed by atoms with E-state index in [1.807, 2.05) is 36.4 Å². The minimum Gasteiger partial charge on any atom is -0.287 e. The number of benzene rings is 1. The average molecular weight is 178 g/mol. The molecule has 0 heterocycles. The van der Waals surface area contributed by atoms with Crippen LogP contribution in [0.4, 0.5) is 0 Å². The van der Waals surface area contributed by atoms with Gasteiger partial charge in [-0.3, -0.25) is 4.79 Å². The molecule has 62 valence electrons. The smallest absolute Gasteiger partial charge is 0.190 e. The first-order valence-corrected chi connectivity index (χ1v) is 4.56. The predicted molar refractivity (Wildman–Crippen MR) is 53.7 cm³/mol. The Hall–Kier alpha value is -1.02. The highest BCUT2D eigenvalue weighted by Gasteiger charge is 1.86. The molecular formula is C10H10OS. The largest absolute Gasteiger partial charge is 0.287 e. The van der Waals surface area contributed by atoms with Crippen molar-refractivity contribution in [2.24, 2.45) is 0 Å². The summed E-state index contributed by atoms with van der Waals surface area (Å²) in [5.41, 5.74) is 1.12. The summed E-state index contributed by atoms with van der Waals surface area (Å²) in [6.07, 6.45) is 1.92. The molecule has 0 aromatic heterocycles. The second-order valence-electron chi connectivity index (χ2n) is 2.32. The molecule has 0 aliphatic rings. The third-order valence-corrected chi connectivity index (χ3v) is 1.90. The Kier molecular flexibility index (Phi) is 3.61. The minimum atomic E-state index is 0.113. The van der Waals surface area contributed by atoms with Gasteiger partial charge in [0.2, 0.25) is 0 Å². The van der Waals surface area contributed by atoms with E-state index in [1.54, 1.807) is 12.3 Å². The van der Waals surface area contributed by atoms with Crippen molar-refractivity contribution < 1.29 is 4.79 Å². The number of hydrogen-bond acceptors (Lipinski definition) is 2. The Labute approximate surface area is 76.5 Å². The van der Waals surface area contributed by atoms with Crippen LogP contribution in [0.25, 0.3) is 6.08 Å². The van der Waals surface area contributed by atoms with E-state index in [0.717, 1.165) is 5.56 Å². The highest BCUT2D eigenvalue weighted by Crippen LogP contribution is 2.08. The summed E-state index contributed by atoms with van der Waals surface area (Å²) in [5, 5.41) is 1.92. The van der Waals surface area contributed by atoms with Gasteiger partial charge >= 0.3 is 0 Å². The molecule has 0 fully saturated rings. The lowest BCUT2D eigenvalue weighted by Gasteiger charge is -1.89. The van der Waals surface area contributed by atoms with Crippen LogP contribution in [0.2, 0.25) is 0 Å². The van der Waals surface area contributed by atoms with E-state index in [0.29, 0.717) is 0 Å². The van der Waals surface area contributed by atoms with Gasteiger partial charge in [0.1, 0.15) is 0 Å². The number of thioether (sulfide) groups is 1. The average Bonchev–Trinajstić information content (AvgIpc) is 2.05. The molecule has 0 saturated carbocycles. The van der Waals surface area contributed by atoms with Crippen molar-refractivity contribution in [1.29, 1.82) is 0 Å². The zero-order chi connectivity index (χ0) is 8.81. The molecule has 12 heavy (non-hydrogen) atoms. The second-order valence-corrected chi connectivity index (χ2v) is 3.41. The number of carbonyl (C=O) groups excluding carboxylic acids is 1. The monoisotopic (exact) mass is 178 g/mol. The molecule has 1 nitrogen and oxygen atoms in total. The highest BCUT2D eigenvalue weighted by atomic mass is 32.2. The van der Waals surface area contributed by atoms with Gasteiger partial charge in [0.05, 0.1) is 0 Å². The normalized spacial score (nSPS) is 10.4. The van der Waals surface area contributed by atoms with Gasteiger partial charge in [0.15, 0.2) is 5.12 Å². The van der Waals surface area contributed by atoms with Crippen LogP contribution in [0.1, 0.15) is 12.5 Å². The predicted octanol–water partition coefficient (Wildman–Crippen LogP) is 2.94. The first-order valence-electron chi connectivity index (χ1n) is 3.68. The quantitative estimate of drug-likeness (QED) is 0.692. The van der Waals surface area contributed by atoms with Gasteiger partial charge < -0.3 is 0 Å². The maximum absolute atomic E-state index is 10.5. The van der Waals surface area contributed by atoms with Crippen molar-refractivity contribution in [3.8, 4) is 0 Å². The van der Waals surface area contributed by atoms with Crippen molar-refractivity contribution in [3.05, 3.63) is 41.3 Å². The number of rotatable bonds is 2. The van der Waals surface area contributed by atoms with Crippen molar-refractivity contribution in [2.45, 2.75) is 6.92 Å². The number of carbonyl (C=O) groups is 1. The Morgan fingerprint density at radius 3 is 2.58 bits per heavy atom. The van der Waals surface area contributed by atoms with Crippen LogP contribution in [0, 0.1) is 0 Å². The van der Waals surface area contributed by atoms with Crippen molar-refractivity contribution in [1.82, 2.24) is 0 Å². The molecule has 0 aliphatic carbocycles. The standard InChI is InChI=1S/C10H10OS/c1-9(11)12-8-7-10-5-3-2-4-6-10/h2-8H,1H3. The van der Waals surface area contributed by atoms with E-state index < -0.39 is 0 Å². The molecule has 1 aromatic carbocycles. The van der Waals surface area contributed by atoms with Crippen LogP contribution < -0.4 is 0 Å². The Bertz CT molecular complexity index is 277. The lowest BCUT2D eigenvalue weighted by Crippen LogP contribution is -1.74. The van der Waals surface area contributed by atoms with E-state index in [2.05, 4.69) is 0 Å². The summed E-state index contributed by atoms with van der Waals surface area (Å²) in [4.78, 5) is 10.5. The molecule has 1 rings (SSSR count). The van der Waals surface area contributed by atoms with Crippen LogP contribution in [0.5, 0.6) is 0 Å². The first kappa shape index (κ1) is 9.07. The second kappa shape index (κ2) is 4.78. The fourth-order valence-corrected chi connectivity index (χ4v) is 1.19. The summed E-state index contributed by atoms with van der Waals surface area (Å²) < 4.78 is 0. The third-order valence-electron chi connectivity index (χ3n) is 1.29. The first-order chi connectivity index (χ1) is 5.79. The molecule has 0 saturated heterocycles. The van der Waals surface area contributed by atoms with Crippen molar-refractivity contribution >= 4 is 23.0 Å². The third kappa shape index (κ3) is 3.39. The fourth-order valence-electron chi connectivity index (χ4n) is 0.773. The van der Waals surface area contributed by atoms with Crippen LogP contribution in [-0.4, -0.2) is 5.12 Å². The SMILES string of the molecule is CC(=O)SC=Cc1ccccc1. The van der Waals surface area contributed by atoms with Gasteiger partial charge in [0.25, 0.3) is 0 Å². The van der Waals surface area contributed by atoms with Crippen molar-refractivity contribution in [3.63, 3.8) is 0 Å². The Balaban J connectivity index is 2.52. The molecule has 0 spiro atoms. The summed E-state index contributed by atoms with van der Waals surface area (Å²) in [6, 6.07) is 9.90. The van der Waals surface area contributed by atoms with E-state index in [9.17, 15) is 4.79 Å². The lowest BCUT2D eigenvalue weighted by atomic mass is 10.2. The topological polar surface area (TPSA) is 17.1 Å². The maximum atomic E-state index is 10.5.